The van der Waals surface area contributed by atoms with Crippen molar-refractivity contribution < 1.29 is 17.9 Å². The Labute approximate surface area is 129 Å². The predicted molar refractivity (Wildman–Crippen MR) is 81.6 cm³/mol. The first-order valence-electron chi connectivity index (χ1n) is 6.61. The Bertz CT molecular complexity index is 749. The third-order valence-corrected chi connectivity index (χ3v) is 4.80. The van der Waals surface area contributed by atoms with Crippen LogP contribution < -0.4 is 14.2 Å². The Morgan fingerprint density at radius 1 is 1.23 bits per heavy atom. The lowest BCUT2D eigenvalue weighted by atomic mass is 10.2. The molecule has 0 atom stereocenters. The highest BCUT2D eigenvalue weighted by molar-refractivity contribution is 7.89. The molecule has 120 valence electrons. The van der Waals surface area contributed by atoms with E-state index < -0.39 is 10.0 Å². The third kappa shape index (κ3) is 3.23. The second-order valence-electron chi connectivity index (χ2n) is 4.75. The third-order valence-electron chi connectivity index (χ3n) is 3.38. The number of benzene rings is 1. The van der Waals surface area contributed by atoms with Crippen LogP contribution in [-0.4, -0.2) is 32.8 Å². The highest BCUT2D eigenvalue weighted by atomic mass is 32.2. The number of H-pyrrole nitrogens is 1. The van der Waals surface area contributed by atoms with Gasteiger partial charge in [0.25, 0.3) is 0 Å². The summed E-state index contributed by atoms with van der Waals surface area (Å²) in [7, 11) is -0.844. The zero-order valence-corrected chi connectivity index (χ0v) is 13.7. The van der Waals surface area contributed by atoms with Crippen molar-refractivity contribution in [2.75, 3.05) is 14.2 Å². The maximum Gasteiger partial charge on any atom is 0.244 e. The molecule has 0 aliphatic heterocycles. The predicted octanol–water partition coefficient (Wildman–Crippen LogP) is 1.52. The molecule has 1 aromatic heterocycles. The zero-order chi connectivity index (χ0) is 16.3. The van der Waals surface area contributed by atoms with Crippen LogP contribution in [0.4, 0.5) is 0 Å². The molecular formula is C14H19N3O4S. The Hall–Kier alpha value is -2.06. The molecule has 1 aromatic carbocycles. The fraction of sp³-hybridized carbons (Fsp3) is 0.357. The summed E-state index contributed by atoms with van der Waals surface area (Å²) in [4.78, 5) is 0.0353. The molecule has 0 saturated carbocycles. The number of aryl methyl sites for hydroxylation is 2. The van der Waals surface area contributed by atoms with Gasteiger partial charge in [0.1, 0.15) is 16.4 Å². The van der Waals surface area contributed by atoms with Crippen molar-refractivity contribution >= 4 is 10.0 Å². The van der Waals surface area contributed by atoms with Crippen LogP contribution in [0.15, 0.2) is 23.1 Å². The van der Waals surface area contributed by atoms with Crippen LogP contribution in [0.5, 0.6) is 11.5 Å². The number of aromatic nitrogens is 2. The molecule has 0 saturated heterocycles. The van der Waals surface area contributed by atoms with Gasteiger partial charge >= 0.3 is 0 Å². The van der Waals surface area contributed by atoms with Crippen molar-refractivity contribution in [3.05, 3.63) is 35.2 Å². The number of hydrogen-bond acceptors (Lipinski definition) is 5. The van der Waals surface area contributed by atoms with Gasteiger partial charge in [0.15, 0.2) is 0 Å². The molecule has 2 rings (SSSR count). The lowest BCUT2D eigenvalue weighted by Gasteiger charge is -2.12. The molecule has 7 nitrogen and oxygen atoms in total. The van der Waals surface area contributed by atoms with Crippen molar-refractivity contribution in [3.63, 3.8) is 0 Å². The second-order valence-corrected chi connectivity index (χ2v) is 6.49. The van der Waals surface area contributed by atoms with Crippen molar-refractivity contribution in [1.29, 1.82) is 0 Å². The standard InChI is InChI=1S/C14H19N3O4S/c1-9-12(10(2)17-16-9)8-15-22(18,19)14-7-11(20-3)5-6-13(14)21-4/h5-7,15H,8H2,1-4H3,(H,16,17). The van der Waals surface area contributed by atoms with Gasteiger partial charge in [0.05, 0.1) is 19.9 Å². The van der Waals surface area contributed by atoms with Gasteiger partial charge < -0.3 is 9.47 Å². The van der Waals surface area contributed by atoms with E-state index in [0.717, 1.165) is 17.0 Å². The van der Waals surface area contributed by atoms with Gasteiger partial charge in [0, 0.05) is 23.9 Å². The molecule has 0 fully saturated rings. The molecule has 0 aliphatic rings. The number of nitrogens with one attached hydrogen (secondary N) is 2. The van der Waals surface area contributed by atoms with Crippen LogP contribution in [0.1, 0.15) is 17.0 Å². The smallest absolute Gasteiger partial charge is 0.244 e. The van der Waals surface area contributed by atoms with Crippen molar-refractivity contribution in [1.82, 2.24) is 14.9 Å². The number of nitrogens with zero attached hydrogens (tertiary/aromatic N) is 1. The summed E-state index contributed by atoms with van der Waals surface area (Å²) < 4.78 is 37.8. The summed E-state index contributed by atoms with van der Waals surface area (Å²) >= 11 is 0. The molecular weight excluding hydrogens is 306 g/mol. The first-order valence-corrected chi connectivity index (χ1v) is 8.09. The molecule has 0 amide bonds. The summed E-state index contributed by atoms with van der Waals surface area (Å²) in [5, 5.41) is 6.87. The van der Waals surface area contributed by atoms with Gasteiger partial charge in [-0.2, -0.15) is 5.10 Å². The minimum Gasteiger partial charge on any atom is -0.497 e. The Morgan fingerprint density at radius 2 is 1.95 bits per heavy atom. The fourth-order valence-electron chi connectivity index (χ4n) is 2.07. The van der Waals surface area contributed by atoms with Crippen LogP contribution in [0, 0.1) is 13.8 Å². The minimum atomic E-state index is -3.74. The monoisotopic (exact) mass is 325 g/mol. The van der Waals surface area contributed by atoms with Crippen LogP contribution >= 0.6 is 0 Å². The SMILES string of the molecule is COc1ccc(OC)c(S(=O)(=O)NCc2c(C)n[nH]c2C)c1. The number of sulfonamides is 1. The van der Waals surface area contributed by atoms with E-state index in [1.165, 1.54) is 20.3 Å². The molecule has 0 bridgehead atoms. The molecule has 1 heterocycles. The molecule has 8 heteroatoms. The molecule has 0 spiro atoms. The van der Waals surface area contributed by atoms with Crippen LogP contribution in [-0.2, 0) is 16.6 Å². The van der Waals surface area contributed by atoms with Crippen LogP contribution in [0.25, 0.3) is 0 Å². The average molecular weight is 325 g/mol. The van der Waals surface area contributed by atoms with E-state index in [1.807, 2.05) is 13.8 Å². The molecule has 22 heavy (non-hydrogen) atoms. The molecule has 0 radical (unpaired) electrons. The van der Waals surface area contributed by atoms with Crippen LogP contribution in [0.3, 0.4) is 0 Å². The van der Waals surface area contributed by atoms with Gasteiger partial charge in [-0.15, -0.1) is 0 Å². The summed E-state index contributed by atoms with van der Waals surface area (Å²) in [5.41, 5.74) is 2.42. The van der Waals surface area contributed by atoms with Crippen molar-refractivity contribution in [3.8, 4) is 11.5 Å². The fourth-order valence-corrected chi connectivity index (χ4v) is 3.25. The first-order chi connectivity index (χ1) is 10.4. The molecule has 2 aromatic rings. The van der Waals surface area contributed by atoms with Gasteiger partial charge in [-0.1, -0.05) is 0 Å². The normalized spacial score (nSPS) is 11.5. The highest BCUT2D eigenvalue weighted by Crippen LogP contribution is 2.28. The minimum absolute atomic E-state index is 0.0353. The highest BCUT2D eigenvalue weighted by Gasteiger charge is 2.21. The Balaban J connectivity index is 2.30. The van der Waals surface area contributed by atoms with E-state index in [0.29, 0.717) is 5.75 Å². The first kappa shape index (κ1) is 16.3. The largest absolute Gasteiger partial charge is 0.497 e. The Kier molecular flexibility index (Phi) is 4.72. The van der Waals surface area contributed by atoms with Gasteiger partial charge in [-0.3, -0.25) is 5.10 Å². The van der Waals surface area contributed by atoms with E-state index in [-0.39, 0.29) is 17.2 Å². The number of methoxy groups -OCH3 is 2. The molecule has 0 aliphatic carbocycles. The van der Waals surface area contributed by atoms with E-state index >= 15 is 0 Å². The summed E-state index contributed by atoms with van der Waals surface area (Å²) in [6, 6.07) is 4.63. The number of ether oxygens (including phenoxy) is 2. The molecule has 2 N–H and O–H groups in total. The van der Waals surface area contributed by atoms with E-state index in [1.54, 1.807) is 12.1 Å². The van der Waals surface area contributed by atoms with E-state index in [9.17, 15) is 8.42 Å². The maximum atomic E-state index is 12.5. The number of hydrogen-bond donors (Lipinski definition) is 2. The van der Waals surface area contributed by atoms with Gasteiger partial charge in [-0.05, 0) is 26.0 Å². The summed E-state index contributed by atoms with van der Waals surface area (Å²) in [5.74, 6) is 0.700. The van der Waals surface area contributed by atoms with Crippen molar-refractivity contribution in [2.24, 2.45) is 0 Å². The second kappa shape index (κ2) is 6.37. The Morgan fingerprint density at radius 3 is 2.50 bits per heavy atom. The van der Waals surface area contributed by atoms with Crippen LogP contribution in [0.2, 0.25) is 0 Å². The van der Waals surface area contributed by atoms with Crippen molar-refractivity contribution in [2.45, 2.75) is 25.3 Å². The molecule has 0 unspecified atom stereocenters. The van der Waals surface area contributed by atoms with E-state index in [2.05, 4.69) is 14.9 Å². The van der Waals surface area contributed by atoms with Gasteiger partial charge in [0.2, 0.25) is 10.0 Å². The van der Waals surface area contributed by atoms with E-state index in [4.69, 9.17) is 9.47 Å². The average Bonchev–Trinajstić information content (AvgIpc) is 2.83. The van der Waals surface area contributed by atoms with Gasteiger partial charge in [-0.25, -0.2) is 13.1 Å². The lowest BCUT2D eigenvalue weighted by molar-refractivity contribution is 0.392. The summed E-state index contributed by atoms with van der Waals surface area (Å²) in [6.07, 6.45) is 0. The zero-order valence-electron chi connectivity index (χ0n) is 12.9. The summed E-state index contributed by atoms with van der Waals surface area (Å²) in [6.45, 7) is 3.81. The topological polar surface area (TPSA) is 93.3 Å². The maximum absolute atomic E-state index is 12.5. The number of aromatic amines is 1. The quantitative estimate of drug-likeness (QED) is 0.840. The number of rotatable bonds is 6. The lowest BCUT2D eigenvalue weighted by Crippen LogP contribution is -2.24.